The van der Waals surface area contributed by atoms with Crippen molar-refractivity contribution in [1.29, 1.82) is 0 Å². The zero-order valence-corrected chi connectivity index (χ0v) is 21.4. The van der Waals surface area contributed by atoms with Gasteiger partial charge in [-0.15, -0.1) is 0 Å². The van der Waals surface area contributed by atoms with Gasteiger partial charge in [0.1, 0.15) is 6.61 Å². The third kappa shape index (κ3) is 8.03. The Morgan fingerprint density at radius 3 is 2.57 bits per heavy atom. The molecule has 1 N–H and O–H groups in total. The molecule has 2 aromatic rings. The monoisotopic (exact) mass is 512 g/mol. The first kappa shape index (κ1) is 27.6. The second-order valence-corrected chi connectivity index (χ2v) is 9.39. The Morgan fingerprint density at radius 2 is 1.86 bits per heavy atom. The van der Waals surface area contributed by atoms with E-state index in [1.54, 1.807) is 19.9 Å². The van der Waals surface area contributed by atoms with Crippen LogP contribution in [0.15, 0.2) is 42.6 Å². The highest BCUT2D eigenvalue weighted by molar-refractivity contribution is 5.98. The first-order valence-corrected chi connectivity index (χ1v) is 12.2. The van der Waals surface area contributed by atoms with E-state index in [2.05, 4.69) is 10.3 Å². The molecule has 1 aliphatic rings. The van der Waals surface area contributed by atoms with Crippen LogP contribution in [0.3, 0.4) is 0 Å². The van der Waals surface area contributed by atoms with Gasteiger partial charge in [0.2, 0.25) is 0 Å². The number of aromatic nitrogens is 1. The van der Waals surface area contributed by atoms with Crippen LogP contribution in [0.4, 0.5) is 4.79 Å². The molecule has 1 saturated heterocycles. The smallest absolute Gasteiger partial charge is 0.463 e. The van der Waals surface area contributed by atoms with Gasteiger partial charge in [0.05, 0.1) is 18.6 Å². The number of nitrogens with one attached hydrogen (secondary N) is 1. The summed E-state index contributed by atoms with van der Waals surface area (Å²) in [6.07, 6.45) is 0.509. The summed E-state index contributed by atoms with van der Waals surface area (Å²) in [6, 6.07) is 9.75. The van der Waals surface area contributed by atoms with E-state index in [1.807, 2.05) is 44.2 Å². The van der Waals surface area contributed by atoms with Gasteiger partial charge in [0.25, 0.3) is 5.91 Å². The molecule has 0 aliphatic carbocycles. The molecular weight excluding hydrogens is 480 g/mol. The number of hydrogen-bond donors (Lipinski definition) is 1. The fourth-order valence-corrected chi connectivity index (χ4v) is 3.75. The van der Waals surface area contributed by atoms with Gasteiger partial charge in [-0.25, -0.2) is 14.6 Å². The van der Waals surface area contributed by atoms with E-state index >= 15 is 0 Å². The van der Waals surface area contributed by atoms with E-state index in [4.69, 9.17) is 18.9 Å². The molecule has 37 heavy (non-hydrogen) atoms. The molecule has 0 spiro atoms. The molecule has 10 nitrogen and oxygen atoms in total. The number of amides is 1. The standard InChI is InChI=1S/C27H32N2O8/c1-16(2)14-35-27(33)37-23-17(3)10-11-28-22(23)24(30)29-21-15-34-25(31)20(12-18(4)36-26(21)32)13-19-8-6-5-7-9-19/h5-11,16,18,20-21H,12-15H2,1-4H3,(H,29,30)/t18-,20?,21-/m0/s1. The number of nitrogens with zero attached hydrogens (tertiary/aromatic N) is 1. The number of carbonyl (C=O) groups is 4. The van der Waals surface area contributed by atoms with Gasteiger partial charge in [-0.3, -0.25) is 9.59 Å². The van der Waals surface area contributed by atoms with E-state index in [9.17, 15) is 19.2 Å². The molecule has 1 aliphatic heterocycles. The zero-order valence-electron chi connectivity index (χ0n) is 21.4. The van der Waals surface area contributed by atoms with Gasteiger partial charge < -0.3 is 24.3 Å². The van der Waals surface area contributed by atoms with Crippen LogP contribution in [0.2, 0.25) is 0 Å². The number of hydrogen-bond acceptors (Lipinski definition) is 9. The van der Waals surface area contributed by atoms with Crippen LogP contribution in [0.25, 0.3) is 0 Å². The lowest BCUT2D eigenvalue weighted by Crippen LogP contribution is -2.46. The lowest BCUT2D eigenvalue weighted by molar-refractivity contribution is -0.152. The third-order valence-corrected chi connectivity index (χ3v) is 5.61. The van der Waals surface area contributed by atoms with Crippen LogP contribution in [0.5, 0.6) is 5.75 Å². The third-order valence-electron chi connectivity index (χ3n) is 5.61. The number of carbonyl (C=O) groups excluding carboxylic acids is 4. The Labute approximate surface area is 215 Å². The lowest BCUT2D eigenvalue weighted by atomic mass is 9.94. The zero-order chi connectivity index (χ0) is 26.9. The number of rotatable bonds is 7. The normalized spacial score (nSPS) is 20.1. The van der Waals surface area contributed by atoms with Crippen LogP contribution >= 0.6 is 0 Å². The van der Waals surface area contributed by atoms with E-state index in [0.29, 0.717) is 12.0 Å². The minimum Gasteiger partial charge on any atom is -0.463 e. The number of benzene rings is 1. The van der Waals surface area contributed by atoms with Crippen molar-refractivity contribution in [3.8, 4) is 5.75 Å². The molecule has 3 atom stereocenters. The molecular formula is C27H32N2O8. The van der Waals surface area contributed by atoms with Crippen molar-refractivity contribution in [3.05, 3.63) is 59.4 Å². The minimum atomic E-state index is -1.28. The van der Waals surface area contributed by atoms with Crippen molar-refractivity contribution in [2.45, 2.75) is 52.7 Å². The molecule has 198 valence electrons. The summed E-state index contributed by atoms with van der Waals surface area (Å²) < 4.78 is 21.2. The van der Waals surface area contributed by atoms with Crippen molar-refractivity contribution < 1.29 is 38.1 Å². The first-order valence-electron chi connectivity index (χ1n) is 12.2. The molecule has 1 unspecified atom stereocenters. The van der Waals surface area contributed by atoms with Gasteiger partial charge in [-0.2, -0.15) is 0 Å². The molecule has 2 heterocycles. The SMILES string of the molecule is Cc1ccnc(C(=O)N[C@H]2COC(=O)C(Cc3ccccc3)C[C@H](C)OC2=O)c1OC(=O)OCC(C)C. The van der Waals surface area contributed by atoms with Gasteiger partial charge in [0.15, 0.2) is 17.5 Å². The summed E-state index contributed by atoms with van der Waals surface area (Å²) in [5.74, 6) is -2.56. The lowest BCUT2D eigenvalue weighted by Gasteiger charge is -2.19. The number of pyridine rings is 1. The van der Waals surface area contributed by atoms with Gasteiger partial charge in [-0.1, -0.05) is 44.2 Å². The van der Waals surface area contributed by atoms with Gasteiger partial charge in [-0.05, 0) is 49.8 Å². The Balaban J connectivity index is 1.72. The Morgan fingerprint density at radius 1 is 1.14 bits per heavy atom. The minimum absolute atomic E-state index is 0.0946. The second kappa shape index (κ2) is 12.8. The first-order chi connectivity index (χ1) is 17.6. The van der Waals surface area contributed by atoms with Crippen LogP contribution in [-0.2, 0) is 30.2 Å². The summed E-state index contributed by atoms with van der Waals surface area (Å²) in [4.78, 5) is 54.8. The molecule has 3 rings (SSSR count). The fourth-order valence-electron chi connectivity index (χ4n) is 3.75. The summed E-state index contributed by atoms with van der Waals surface area (Å²) in [5.41, 5.74) is 1.19. The topological polar surface area (TPSA) is 130 Å². The maximum atomic E-state index is 13.1. The molecule has 1 fully saturated rings. The number of esters is 2. The van der Waals surface area contributed by atoms with Crippen LogP contribution in [0, 0.1) is 18.8 Å². The van der Waals surface area contributed by atoms with Crippen molar-refractivity contribution in [2.24, 2.45) is 11.8 Å². The van der Waals surface area contributed by atoms with Crippen molar-refractivity contribution in [2.75, 3.05) is 13.2 Å². The van der Waals surface area contributed by atoms with Crippen molar-refractivity contribution >= 4 is 24.0 Å². The Bertz CT molecular complexity index is 1120. The molecule has 0 bridgehead atoms. The van der Waals surface area contributed by atoms with Crippen molar-refractivity contribution in [3.63, 3.8) is 0 Å². The molecule has 0 radical (unpaired) electrons. The Kier molecular flexibility index (Phi) is 9.59. The highest BCUT2D eigenvalue weighted by Gasteiger charge is 2.33. The predicted molar refractivity (Wildman–Crippen MR) is 132 cm³/mol. The maximum absolute atomic E-state index is 13.1. The average Bonchev–Trinajstić information content (AvgIpc) is 2.90. The van der Waals surface area contributed by atoms with E-state index < -0.39 is 48.7 Å². The maximum Gasteiger partial charge on any atom is 0.513 e. The van der Waals surface area contributed by atoms with E-state index in [-0.39, 0.29) is 30.4 Å². The highest BCUT2D eigenvalue weighted by Crippen LogP contribution is 2.23. The van der Waals surface area contributed by atoms with Crippen LogP contribution in [0.1, 0.15) is 48.8 Å². The second-order valence-electron chi connectivity index (χ2n) is 9.39. The van der Waals surface area contributed by atoms with Gasteiger partial charge >= 0.3 is 18.1 Å². The largest absolute Gasteiger partial charge is 0.513 e. The summed E-state index contributed by atoms with van der Waals surface area (Å²) in [7, 11) is 0. The quantitative estimate of drug-likeness (QED) is 0.438. The van der Waals surface area contributed by atoms with Crippen LogP contribution < -0.4 is 10.1 Å². The summed E-state index contributed by atoms with van der Waals surface area (Å²) in [6.45, 7) is 6.78. The molecule has 1 aromatic heterocycles. The molecule has 10 heteroatoms. The van der Waals surface area contributed by atoms with E-state index in [1.165, 1.54) is 6.20 Å². The van der Waals surface area contributed by atoms with Gasteiger partial charge in [0, 0.05) is 6.20 Å². The fraction of sp³-hybridized carbons (Fsp3) is 0.444. The number of aryl methyl sites for hydroxylation is 1. The predicted octanol–water partition coefficient (Wildman–Crippen LogP) is 3.40. The van der Waals surface area contributed by atoms with E-state index in [0.717, 1.165) is 5.56 Å². The average molecular weight is 513 g/mol. The molecule has 1 aromatic carbocycles. The van der Waals surface area contributed by atoms with Crippen LogP contribution in [-0.4, -0.2) is 54.3 Å². The molecule has 1 amide bonds. The summed E-state index contributed by atoms with van der Waals surface area (Å²) >= 11 is 0. The number of ether oxygens (including phenoxy) is 4. The highest BCUT2D eigenvalue weighted by atomic mass is 16.7. The number of cyclic esters (lactones) is 2. The Hall–Kier alpha value is -3.95. The summed E-state index contributed by atoms with van der Waals surface area (Å²) in [5, 5.41) is 2.49. The molecule has 0 saturated carbocycles. The van der Waals surface area contributed by atoms with Crippen molar-refractivity contribution in [1.82, 2.24) is 10.3 Å².